The second-order valence-corrected chi connectivity index (χ2v) is 5.27. The molecule has 0 amide bonds. The first-order valence-electron chi connectivity index (χ1n) is 6.37. The van der Waals surface area contributed by atoms with Crippen molar-refractivity contribution in [1.29, 1.82) is 5.26 Å². The Morgan fingerprint density at radius 2 is 1.82 bits per heavy atom. The van der Waals surface area contributed by atoms with E-state index < -0.39 is 11.7 Å². The average molecular weight is 325 g/mol. The van der Waals surface area contributed by atoms with Crippen molar-refractivity contribution in [3.8, 4) is 17.2 Å². The number of benzene rings is 2. The van der Waals surface area contributed by atoms with Crippen LogP contribution in [0.15, 0.2) is 30.3 Å². The van der Waals surface area contributed by atoms with Gasteiger partial charge in [0.25, 0.3) is 0 Å². The molecule has 0 saturated heterocycles. The summed E-state index contributed by atoms with van der Waals surface area (Å²) in [5.41, 5.74) is 6.10. The highest BCUT2D eigenvalue weighted by Gasteiger charge is 2.36. The van der Waals surface area contributed by atoms with Gasteiger partial charge in [-0.3, -0.25) is 0 Å². The van der Waals surface area contributed by atoms with Crippen molar-refractivity contribution < 1.29 is 13.2 Å². The van der Waals surface area contributed by atoms with Crippen LogP contribution in [0.4, 0.5) is 18.9 Å². The van der Waals surface area contributed by atoms with Crippen molar-refractivity contribution in [1.82, 2.24) is 0 Å². The Bertz CT molecular complexity index is 744. The average Bonchev–Trinajstić information content (AvgIpc) is 2.42. The molecule has 0 saturated carbocycles. The van der Waals surface area contributed by atoms with Crippen molar-refractivity contribution in [2.24, 2.45) is 0 Å². The van der Waals surface area contributed by atoms with Crippen molar-refractivity contribution >= 4 is 17.3 Å². The van der Waals surface area contributed by atoms with E-state index in [2.05, 4.69) is 0 Å². The molecular weight excluding hydrogens is 313 g/mol. The lowest BCUT2D eigenvalue weighted by atomic mass is 9.91. The van der Waals surface area contributed by atoms with Gasteiger partial charge in [0.2, 0.25) is 0 Å². The summed E-state index contributed by atoms with van der Waals surface area (Å²) in [7, 11) is 0. The topological polar surface area (TPSA) is 49.8 Å². The summed E-state index contributed by atoms with van der Waals surface area (Å²) < 4.78 is 39.7. The number of halogens is 4. The molecule has 0 aromatic heterocycles. The first-order chi connectivity index (χ1) is 10.3. The predicted octanol–water partition coefficient (Wildman–Crippen LogP) is 4.98. The SMILES string of the molecule is Cc1c(N)c(-c2ccc(Cl)cc2)cc(CC#N)c1C(F)(F)F. The van der Waals surface area contributed by atoms with Crippen LogP contribution in [0.5, 0.6) is 0 Å². The lowest BCUT2D eigenvalue weighted by Gasteiger charge is -2.19. The summed E-state index contributed by atoms with van der Waals surface area (Å²) in [6, 6.07) is 9.72. The summed E-state index contributed by atoms with van der Waals surface area (Å²) in [6.07, 6.45) is -4.89. The van der Waals surface area contributed by atoms with Crippen molar-refractivity contribution in [2.45, 2.75) is 19.5 Å². The monoisotopic (exact) mass is 324 g/mol. The van der Waals surface area contributed by atoms with Gasteiger partial charge in [0.05, 0.1) is 18.1 Å². The van der Waals surface area contributed by atoms with Crippen LogP contribution in [0.1, 0.15) is 16.7 Å². The fraction of sp³-hybridized carbons (Fsp3) is 0.188. The molecular formula is C16H12ClF3N2. The van der Waals surface area contributed by atoms with Gasteiger partial charge in [-0.25, -0.2) is 0 Å². The molecule has 0 heterocycles. The Morgan fingerprint density at radius 3 is 2.32 bits per heavy atom. The quantitative estimate of drug-likeness (QED) is 0.792. The lowest BCUT2D eigenvalue weighted by Crippen LogP contribution is -2.14. The third-order valence-corrected chi connectivity index (χ3v) is 3.67. The second kappa shape index (κ2) is 5.90. The van der Waals surface area contributed by atoms with E-state index in [9.17, 15) is 13.2 Å². The number of hydrogen-bond donors (Lipinski definition) is 1. The number of anilines is 1. The van der Waals surface area contributed by atoms with Gasteiger partial charge < -0.3 is 5.73 Å². The molecule has 2 aromatic carbocycles. The Morgan fingerprint density at radius 1 is 1.23 bits per heavy atom. The third-order valence-electron chi connectivity index (χ3n) is 3.42. The highest BCUT2D eigenvalue weighted by Crippen LogP contribution is 2.41. The molecule has 0 aliphatic heterocycles. The number of rotatable bonds is 2. The van der Waals surface area contributed by atoms with Crippen LogP contribution in [0, 0.1) is 18.3 Å². The van der Waals surface area contributed by atoms with E-state index in [0.29, 0.717) is 16.1 Å². The molecule has 6 heteroatoms. The van der Waals surface area contributed by atoms with Crippen LogP contribution in [0.2, 0.25) is 5.02 Å². The number of nitrogen functional groups attached to an aromatic ring is 1. The minimum atomic E-state index is -4.55. The maximum absolute atomic E-state index is 13.2. The highest BCUT2D eigenvalue weighted by atomic mass is 35.5. The molecule has 0 radical (unpaired) electrons. The van der Waals surface area contributed by atoms with E-state index in [0.717, 1.165) is 0 Å². The number of nitrogens with two attached hydrogens (primary N) is 1. The summed E-state index contributed by atoms with van der Waals surface area (Å²) >= 11 is 5.81. The number of hydrogen-bond acceptors (Lipinski definition) is 2. The van der Waals surface area contributed by atoms with Crippen LogP contribution in [0.25, 0.3) is 11.1 Å². The van der Waals surface area contributed by atoms with Gasteiger partial charge in [-0.15, -0.1) is 0 Å². The zero-order valence-electron chi connectivity index (χ0n) is 11.6. The molecule has 0 fully saturated rings. The molecule has 2 N–H and O–H groups in total. The van der Waals surface area contributed by atoms with Gasteiger partial charge in [-0.05, 0) is 41.8 Å². The minimum Gasteiger partial charge on any atom is -0.398 e. The molecule has 0 atom stereocenters. The summed E-state index contributed by atoms with van der Waals surface area (Å²) in [5, 5.41) is 9.32. The predicted molar refractivity (Wildman–Crippen MR) is 80.4 cm³/mol. The van der Waals surface area contributed by atoms with Gasteiger partial charge in [0.15, 0.2) is 0 Å². The van der Waals surface area contributed by atoms with Gasteiger partial charge >= 0.3 is 6.18 Å². The van der Waals surface area contributed by atoms with E-state index in [-0.39, 0.29) is 23.2 Å². The van der Waals surface area contributed by atoms with E-state index in [1.807, 2.05) is 0 Å². The second-order valence-electron chi connectivity index (χ2n) is 4.84. The zero-order valence-corrected chi connectivity index (χ0v) is 12.4. The smallest absolute Gasteiger partial charge is 0.398 e. The Hall–Kier alpha value is -2.19. The largest absolute Gasteiger partial charge is 0.417 e. The van der Waals surface area contributed by atoms with Crippen molar-refractivity contribution in [2.75, 3.05) is 5.73 Å². The molecule has 0 spiro atoms. The van der Waals surface area contributed by atoms with E-state index >= 15 is 0 Å². The zero-order chi connectivity index (χ0) is 16.5. The normalized spacial score (nSPS) is 11.3. The minimum absolute atomic E-state index is 0.0522. The molecule has 0 aliphatic rings. The van der Waals surface area contributed by atoms with Crippen LogP contribution in [0.3, 0.4) is 0 Å². The third kappa shape index (κ3) is 3.02. The lowest BCUT2D eigenvalue weighted by molar-refractivity contribution is -0.138. The molecule has 22 heavy (non-hydrogen) atoms. The van der Waals surface area contributed by atoms with Gasteiger partial charge in [-0.1, -0.05) is 23.7 Å². The van der Waals surface area contributed by atoms with Gasteiger partial charge in [0, 0.05) is 16.3 Å². The summed E-state index contributed by atoms with van der Waals surface area (Å²) in [4.78, 5) is 0. The molecule has 0 aliphatic carbocycles. The molecule has 2 aromatic rings. The van der Waals surface area contributed by atoms with Crippen LogP contribution < -0.4 is 5.73 Å². The summed E-state index contributed by atoms with van der Waals surface area (Å²) in [5.74, 6) is 0. The van der Waals surface area contributed by atoms with E-state index in [4.69, 9.17) is 22.6 Å². The molecule has 114 valence electrons. The molecule has 0 unspecified atom stereocenters. The van der Waals surface area contributed by atoms with Crippen LogP contribution >= 0.6 is 11.6 Å². The number of nitriles is 1. The molecule has 2 nitrogen and oxygen atoms in total. The Labute approximate surface area is 130 Å². The molecule has 2 rings (SSSR count). The maximum Gasteiger partial charge on any atom is 0.417 e. The first kappa shape index (κ1) is 16.2. The van der Waals surface area contributed by atoms with Crippen LogP contribution in [-0.2, 0) is 12.6 Å². The Balaban J connectivity index is 2.73. The number of nitrogens with zero attached hydrogens (tertiary/aromatic N) is 1. The fourth-order valence-corrected chi connectivity index (χ4v) is 2.52. The fourth-order valence-electron chi connectivity index (χ4n) is 2.39. The first-order valence-corrected chi connectivity index (χ1v) is 6.75. The Kier molecular flexibility index (Phi) is 4.34. The van der Waals surface area contributed by atoms with E-state index in [1.165, 1.54) is 13.0 Å². The van der Waals surface area contributed by atoms with E-state index in [1.54, 1.807) is 30.3 Å². The van der Waals surface area contributed by atoms with Crippen molar-refractivity contribution in [3.05, 3.63) is 52.0 Å². The molecule has 0 bridgehead atoms. The van der Waals surface area contributed by atoms with Gasteiger partial charge in [0.1, 0.15) is 0 Å². The summed E-state index contributed by atoms with van der Waals surface area (Å²) in [6.45, 7) is 1.32. The van der Waals surface area contributed by atoms with Crippen LogP contribution in [-0.4, -0.2) is 0 Å². The van der Waals surface area contributed by atoms with Crippen molar-refractivity contribution in [3.63, 3.8) is 0 Å². The van der Waals surface area contributed by atoms with Gasteiger partial charge in [-0.2, -0.15) is 18.4 Å². The standard InChI is InChI=1S/C16H12ClF3N2/c1-9-14(16(18,19)20)11(6-7-21)8-13(15(9)22)10-2-4-12(17)5-3-10/h2-5,8H,6,22H2,1H3. The maximum atomic E-state index is 13.2. The highest BCUT2D eigenvalue weighted by molar-refractivity contribution is 6.30. The number of alkyl halides is 3.